The molecule has 3 aromatic carbocycles. The van der Waals surface area contributed by atoms with Crippen LogP contribution >= 0.6 is 23.1 Å². The number of rotatable bonds is 5. The Balaban J connectivity index is 1.46. The summed E-state index contributed by atoms with van der Waals surface area (Å²) in [4.78, 5) is 37.0. The fourth-order valence-electron chi connectivity index (χ4n) is 5.16. The second kappa shape index (κ2) is 10.7. The Hall–Kier alpha value is -4.08. The van der Waals surface area contributed by atoms with Crippen molar-refractivity contribution in [3.05, 3.63) is 109 Å². The minimum Gasteiger partial charge on any atom is -0.497 e. The van der Waals surface area contributed by atoms with Crippen molar-refractivity contribution in [1.29, 1.82) is 0 Å². The molecule has 208 valence electrons. The molecule has 6 rings (SSSR count). The number of anilines is 2. The van der Waals surface area contributed by atoms with Crippen molar-refractivity contribution in [2.75, 3.05) is 19.1 Å². The molecule has 0 saturated carbocycles. The van der Waals surface area contributed by atoms with E-state index in [2.05, 4.69) is 36.2 Å². The molecule has 2 aliphatic heterocycles. The van der Waals surface area contributed by atoms with Gasteiger partial charge >= 0.3 is 5.97 Å². The highest BCUT2D eigenvalue weighted by Gasteiger charge is 2.34. The molecule has 0 N–H and O–H groups in total. The van der Waals surface area contributed by atoms with Crippen LogP contribution in [0, 0.1) is 0 Å². The number of nitrogens with zero attached hydrogens (tertiary/aromatic N) is 3. The molecule has 1 atom stereocenters. The molecule has 0 saturated heterocycles. The molecule has 3 heterocycles. The lowest BCUT2D eigenvalue weighted by atomic mass is 9.96. The Morgan fingerprint density at radius 3 is 2.49 bits per heavy atom. The second-order valence-corrected chi connectivity index (χ2v) is 12.3. The molecule has 0 aliphatic carbocycles. The number of ether oxygens (including phenoxy) is 2. The summed E-state index contributed by atoms with van der Waals surface area (Å²) < 4.78 is 13.1. The molecule has 1 aromatic heterocycles. The van der Waals surface area contributed by atoms with Gasteiger partial charge in [-0.15, -0.1) is 0 Å². The lowest BCUT2D eigenvalue weighted by Crippen LogP contribution is -2.40. The van der Waals surface area contributed by atoms with Gasteiger partial charge in [0.25, 0.3) is 5.56 Å². The number of hydrogen-bond acceptors (Lipinski definition) is 8. The summed E-state index contributed by atoms with van der Waals surface area (Å²) in [6.45, 7) is 5.40. The number of para-hydroxylation sites is 1. The molecule has 9 heteroatoms. The standard InChI is InChI=1S/C32H29N3O4S2/c1-18(2)39-31(37)28-19(3)33-32-35(29(28)21-11-13-22(38-5)14-12-21)30(36)27(41-32)17-20-10-15-24-26(16-20)40-25-9-7-6-8-23(25)34(24)4/h6-18,29H,1-5H3/b27-17+/t29-/m1/s1. The maximum Gasteiger partial charge on any atom is 0.338 e. The summed E-state index contributed by atoms with van der Waals surface area (Å²) in [5.74, 6) is 0.208. The Morgan fingerprint density at radius 1 is 1.02 bits per heavy atom. The Kier molecular flexibility index (Phi) is 7.09. The third kappa shape index (κ3) is 4.89. The third-order valence-corrected chi connectivity index (χ3v) is 9.20. The zero-order valence-electron chi connectivity index (χ0n) is 23.4. The molecule has 7 nitrogen and oxygen atoms in total. The van der Waals surface area contributed by atoms with E-state index in [0.29, 0.717) is 26.4 Å². The van der Waals surface area contributed by atoms with Crippen molar-refractivity contribution in [3.8, 4) is 5.75 Å². The smallest absolute Gasteiger partial charge is 0.338 e. The summed E-state index contributed by atoms with van der Waals surface area (Å²) in [5, 5.41) is 0. The summed E-state index contributed by atoms with van der Waals surface area (Å²) >= 11 is 3.04. The van der Waals surface area contributed by atoms with Crippen molar-refractivity contribution < 1.29 is 14.3 Å². The van der Waals surface area contributed by atoms with Crippen LogP contribution in [-0.2, 0) is 9.53 Å². The first kappa shape index (κ1) is 27.1. The molecular weight excluding hydrogens is 555 g/mol. The number of carbonyl (C=O) groups is 1. The van der Waals surface area contributed by atoms with Gasteiger partial charge in [-0.2, -0.15) is 0 Å². The van der Waals surface area contributed by atoms with E-state index in [4.69, 9.17) is 14.5 Å². The quantitative estimate of drug-likeness (QED) is 0.292. The number of methoxy groups -OCH3 is 1. The highest BCUT2D eigenvalue weighted by molar-refractivity contribution is 7.99. The summed E-state index contributed by atoms with van der Waals surface area (Å²) in [6, 6.07) is 21.3. The van der Waals surface area contributed by atoms with E-state index in [1.54, 1.807) is 44.2 Å². The minimum atomic E-state index is -0.671. The Bertz CT molecular complexity index is 1890. The van der Waals surface area contributed by atoms with E-state index in [1.165, 1.54) is 21.9 Å². The van der Waals surface area contributed by atoms with Crippen LogP contribution in [0.4, 0.5) is 11.4 Å². The van der Waals surface area contributed by atoms with Gasteiger partial charge in [0.2, 0.25) is 0 Å². The van der Waals surface area contributed by atoms with Gasteiger partial charge in [0.15, 0.2) is 4.80 Å². The number of esters is 1. The van der Waals surface area contributed by atoms with E-state index in [1.807, 2.05) is 48.5 Å². The number of benzene rings is 3. The first-order valence-electron chi connectivity index (χ1n) is 13.3. The largest absolute Gasteiger partial charge is 0.497 e. The molecule has 41 heavy (non-hydrogen) atoms. The number of hydrogen-bond donors (Lipinski definition) is 0. The van der Waals surface area contributed by atoms with Crippen LogP contribution in [0.25, 0.3) is 6.08 Å². The first-order valence-corrected chi connectivity index (χ1v) is 14.9. The Morgan fingerprint density at radius 2 is 1.76 bits per heavy atom. The molecule has 0 radical (unpaired) electrons. The van der Waals surface area contributed by atoms with Crippen molar-refractivity contribution in [2.45, 2.75) is 42.7 Å². The van der Waals surface area contributed by atoms with Gasteiger partial charge in [-0.05, 0) is 74.4 Å². The van der Waals surface area contributed by atoms with Crippen LogP contribution in [-0.4, -0.2) is 30.8 Å². The maximum atomic E-state index is 14.0. The SMILES string of the molecule is COc1ccc([C@@H]2C(C(=O)OC(C)C)=C(C)N=c3s/c(=C/c4ccc5c(c4)Sc4ccccc4N5C)c(=O)n32)cc1. The molecule has 0 fully saturated rings. The van der Waals surface area contributed by atoms with Crippen LogP contribution in [0.3, 0.4) is 0 Å². The van der Waals surface area contributed by atoms with E-state index in [0.717, 1.165) is 21.7 Å². The number of allylic oxidation sites excluding steroid dienone is 1. The molecule has 0 unspecified atom stereocenters. The number of fused-ring (bicyclic) bond motifs is 3. The monoisotopic (exact) mass is 583 g/mol. The molecule has 0 spiro atoms. The summed E-state index contributed by atoms with van der Waals surface area (Å²) in [7, 11) is 3.67. The van der Waals surface area contributed by atoms with Gasteiger partial charge in [-0.3, -0.25) is 9.36 Å². The highest BCUT2D eigenvalue weighted by atomic mass is 32.2. The Labute approximate surface area is 246 Å². The van der Waals surface area contributed by atoms with E-state index >= 15 is 0 Å². The lowest BCUT2D eigenvalue weighted by molar-refractivity contribution is -0.143. The summed E-state index contributed by atoms with van der Waals surface area (Å²) in [5.41, 5.74) is 4.68. The average molecular weight is 584 g/mol. The van der Waals surface area contributed by atoms with Crippen LogP contribution in [0.1, 0.15) is 37.9 Å². The van der Waals surface area contributed by atoms with E-state index < -0.39 is 12.0 Å². The van der Waals surface area contributed by atoms with Gasteiger partial charge in [-0.1, -0.05) is 53.4 Å². The molecule has 0 bridgehead atoms. The van der Waals surface area contributed by atoms with E-state index in [9.17, 15) is 9.59 Å². The minimum absolute atomic E-state index is 0.204. The maximum absolute atomic E-state index is 14.0. The predicted octanol–water partition coefficient (Wildman–Crippen LogP) is 5.43. The van der Waals surface area contributed by atoms with Crippen molar-refractivity contribution in [1.82, 2.24) is 4.57 Å². The van der Waals surface area contributed by atoms with Crippen molar-refractivity contribution >= 4 is 46.5 Å². The number of aromatic nitrogens is 1. The first-order chi connectivity index (χ1) is 19.7. The second-order valence-electron chi connectivity index (χ2n) is 10.2. The molecule has 4 aromatic rings. The normalized spacial score (nSPS) is 16.2. The van der Waals surface area contributed by atoms with E-state index in [-0.39, 0.29) is 11.7 Å². The van der Waals surface area contributed by atoms with Crippen LogP contribution < -0.4 is 24.5 Å². The third-order valence-electron chi connectivity index (χ3n) is 7.11. The highest BCUT2D eigenvalue weighted by Crippen LogP contribution is 2.47. The molecule has 0 amide bonds. The average Bonchev–Trinajstić information content (AvgIpc) is 3.25. The van der Waals surface area contributed by atoms with Gasteiger partial charge in [0.05, 0.1) is 46.4 Å². The van der Waals surface area contributed by atoms with Crippen molar-refractivity contribution in [3.63, 3.8) is 0 Å². The molecule has 2 aliphatic rings. The zero-order valence-corrected chi connectivity index (χ0v) is 25.0. The fraction of sp³-hybridized carbons (Fsp3) is 0.219. The molecular formula is C32H29N3O4S2. The number of thiazole rings is 1. The number of carbonyl (C=O) groups excluding carboxylic acids is 1. The van der Waals surface area contributed by atoms with Gasteiger partial charge in [-0.25, -0.2) is 9.79 Å². The topological polar surface area (TPSA) is 73.1 Å². The van der Waals surface area contributed by atoms with Gasteiger partial charge in [0, 0.05) is 16.8 Å². The summed E-state index contributed by atoms with van der Waals surface area (Å²) in [6.07, 6.45) is 1.60. The van der Waals surface area contributed by atoms with Gasteiger partial charge in [0.1, 0.15) is 5.75 Å². The van der Waals surface area contributed by atoms with Crippen LogP contribution in [0.2, 0.25) is 0 Å². The fourth-order valence-corrected chi connectivity index (χ4v) is 7.41. The zero-order chi connectivity index (χ0) is 28.8. The predicted molar refractivity (Wildman–Crippen MR) is 163 cm³/mol. The van der Waals surface area contributed by atoms with Gasteiger partial charge < -0.3 is 14.4 Å². The van der Waals surface area contributed by atoms with Crippen LogP contribution in [0.15, 0.2) is 97.6 Å². The lowest BCUT2D eigenvalue weighted by Gasteiger charge is -2.29. The van der Waals surface area contributed by atoms with Crippen molar-refractivity contribution in [2.24, 2.45) is 4.99 Å². The van der Waals surface area contributed by atoms with Crippen LogP contribution in [0.5, 0.6) is 5.75 Å².